The van der Waals surface area contributed by atoms with Crippen molar-refractivity contribution in [2.45, 2.75) is 26.1 Å². The van der Waals surface area contributed by atoms with Crippen molar-refractivity contribution in [3.05, 3.63) is 24.4 Å². The first-order valence-electron chi connectivity index (χ1n) is 3.54. The molecule has 12 heavy (non-hydrogen) atoms. The van der Waals surface area contributed by atoms with E-state index in [9.17, 15) is 13.2 Å². The van der Waals surface area contributed by atoms with E-state index in [-0.39, 0.29) is 6.04 Å². The lowest BCUT2D eigenvalue weighted by atomic mass is 10.3. The van der Waals surface area contributed by atoms with Gasteiger partial charge in [0.25, 0.3) is 0 Å². The Morgan fingerprint density at radius 2 is 2.00 bits per heavy atom. The molecule has 0 spiro atoms. The Labute approximate surface area is 70.0 Å². The van der Waals surface area contributed by atoms with Crippen LogP contribution in [-0.2, 0) is 0 Å². The molecule has 0 radical (unpaired) electrons. The van der Waals surface area contributed by atoms with E-state index in [0.29, 0.717) is 0 Å². The summed E-state index contributed by atoms with van der Waals surface area (Å²) < 4.78 is 36.2. The molecule has 4 heteroatoms. The number of alkyl halides is 3. The molecule has 1 N–H and O–H groups in total. The summed E-state index contributed by atoms with van der Waals surface area (Å²) in [5.41, 5.74) is -0.727. The molecule has 1 nitrogen and oxygen atoms in total. The summed E-state index contributed by atoms with van der Waals surface area (Å²) in [6, 6.07) is -0.377. The first kappa shape index (κ1) is 11.1. The number of nitrogens with one attached hydrogen (secondary N) is 1. The second-order valence-corrected chi connectivity index (χ2v) is 2.37. The lowest BCUT2D eigenvalue weighted by Crippen LogP contribution is -2.31. The highest BCUT2D eigenvalue weighted by molar-refractivity contribution is 5.07. The van der Waals surface area contributed by atoms with Gasteiger partial charge in [-0.3, -0.25) is 0 Å². The van der Waals surface area contributed by atoms with Crippen LogP contribution in [0.25, 0.3) is 0 Å². The maximum Gasteiger partial charge on any atom is 0.430 e. The van der Waals surface area contributed by atoms with Crippen LogP contribution in [0.2, 0.25) is 0 Å². The Bertz CT molecular complexity index is 181. The molecule has 0 aliphatic rings. The van der Waals surface area contributed by atoms with Crippen LogP contribution in [0.3, 0.4) is 0 Å². The van der Waals surface area contributed by atoms with Crippen LogP contribution >= 0.6 is 0 Å². The molecule has 0 fully saturated rings. The van der Waals surface area contributed by atoms with Gasteiger partial charge in [0.2, 0.25) is 0 Å². The molecule has 0 saturated heterocycles. The number of halogens is 3. The van der Waals surface area contributed by atoms with Gasteiger partial charge in [0.1, 0.15) is 5.70 Å². The van der Waals surface area contributed by atoms with E-state index in [2.05, 4.69) is 11.9 Å². The Morgan fingerprint density at radius 1 is 1.50 bits per heavy atom. The van der Waals surface area contributed by atoms with Crippen molar-refractivity contribution in [2.24, 2.45) is 0 Å². The van der Waals surface area contributed by atoms with Crippen LogP contribution in [-0.4, -0.2) is 12.2 Å². The van der Waals surface area contributed by atoms with Gasteiger partial charge in [0, 0.05) is 6.04 Å². The fourth-order valence-corrected chi connectivity index (χ4v) is 0.633. The number of hydrogen-bond acceptors (Lipinski definition) is 1. The smallest absolute Gasteiger partial charge is 0.375 e. The first-order valence-corrected chi connectivity index (χ1v) is 3.54. The molecule has 70 valence electrons. The van der Waals surface area contributed by atoms with Crippen molar-refractivity contribution in [1.29, 1.82) is 0 Å². The third-order valence-electron chi connectivity index (χ3n) is 1.33. The molecular weight excluding hydrogens is 167 g/mol. The van der Waals surface area contributed by atoms with Crippen molar-refractivity contribution in [3.8, 4) is 0 Å². The zero-order chi connectivity index (χ0) is 9.78. The standard InChI is InChI=1S/C8H12F3N/c1-4-6(3)12-7(5-2)8(9,10)11/h4-6,12H,1H2,2-3H3/b7-5-. The average Bonchev–Trinajstić information content (AvgIpc) is 1.97. The number of hydrogen-bond donors (Lipinski definition) is 1. The highest BCUT2D eigenvalue weighted by Crippen LogP contribution is 2.23. The van der Waals surface area contributed by atoms with E-state index in [1.165, 1.54) is 13.0 Å². The quantitative estimate of drug-likeness (QED) is 0.656. The molecule has 0 heterocycles. The molecule has 0 aromatic carbocycles. The van der Waals surface area contributed by atoms with Crippen LogP contribution in [0.1, 0.15) is 13.8 Å². The fourth-order valence-electron chi connectivity index (χ4n) is 0.633. The second kappa shape index (κ2) is 4.18. The van der Waals surface area contributed by atoms with Crippen molar-refractivity contribution in [3.63, 3.8) is 0 Å². The molecule has 0 bridgehead atoms. The van der Waals surface area contributed by atoms with Gasteiger partial charge in [-0.15, -0.1) is 6.58 Å². The average molecular weight is 179 g/mol. The molecule has 1 atom stereocenters. The highest BCUT2D eigenvalue weighted by atomic mass is 19.4. The predicted octanol–water partition coefficient (Wildman–Crippen LogP) is 2.62. The largest absolute Gasteiger partial charge is 0.430 e. The van der Waals surface area contributed by atoms with Gasteiger partial charge in [-0.1, -0.05) is 12.2 Å². The molecule has 0 amide bonds. The molecule has 1 unspecified atom stereocenters. The van der Waals surface area contributed by atoms with Crippen LogP contribution < -0.4 is 5.32 Å². The summed E-state index contributed by atoms with van der Waals surface area (Å²) in [6.45, 7) is 6.31. The monoisotopic (exact) mass is 179 g/mol. The van der Waals surface area contributed by atoms with Gasteiger partial charge >= 0.3 is 6.18 Å². The Balaban J connectivity index is 4.31. The van der Waals surface area contributed by atoms with Crippen molar-refractivity contribution in [2.75, 3.05) is 0 Å². The van der Waals surface area contributed by atoms with Gasteiger partial charge in [-0.2, -0.15) is 13.2 Å². The third kappa shape index (κ3) is 3.46. The summed E-state index contributed by atoms with van der Waals surface area (Å²) in [5, 5.41) is 2.27. The zero-order valence-electron chi connectivity index (χ0n) is 7.07. The van der Waals surface area contributed by atoms with Gasteiger partial charge in [-0.25, -0.2) is 0 Å². The molecular formula is C8H12F3N. The Morgan fingerprint density at radius 3 is 2.25 bits per heavy atom. The minimum absolute atomic E-state index is 0.377. The van der Waals surface area contributed by atoms with E-state index in [4.69, 9.17) is 0 Å². The molecule has 0 aromatic heterocycles. The maximum absolute atomic E-state index is 12.1. The van der Waals surface area contributed by atoms with E-state index in [0.717, 1.165) is 6.08 Å². The minimum Gasteiger partial charge on any atom is -0.375 e. The van der Waals surface area contributed by atoms with Crippen molar-refractivity contribution >= 4 is 0 Å². The SMILES string of the molecule is C=CC(C)N/C(=C\C)C(F)(F)F. The maximum atomic E-state index is 12.1. The molecule has 0 rings (SSSR count). The topological polar surface area (TPSA) is 12.0 Å². The minimum atomic E-state index is -4.30. The van der Waals surface area contributed by atoms with Crippen LogP contribution in [0.4, 0.5) is 13.2 Å². The second-order valence-electron chi connectivity index (χ2n) is 2.37. The number of rotatable bonds is 3. The fraction of sp³-hybridized carbons (Fsp3) is 0.500. The first-order chi connectivity index (χ1) is 5.41. The molecule has 0 aliphatic carbocycles. The van der Waals surface area contributed by atoms with E-state index in [1.807, 2.05) is 0 Å². The third-order valence-corrected chi connectivity index (χ3v) is 1.33. The van der Waals surface area contributed by atoms with Gasteiger partial charge in [0.05, 0.1) is 0 Å². The lowest BCUT2D eigenvalue weighted by molar-refractivity contribution is -0.0973. The predicted molar refractivity (Wildman–Crippen MR) is 42.6 cm³/mol. The number of allylic oxidation sites excluding steroid dienone is 2. The molecule has 0 saturated carbocycles. The summed E-state index contributed by atoms with van der Waals surface area (Å²) in [4.78, 5) is 0. The van der Waals surface area contributed by atoms with E-state index >= 15 is 0 Å². The Kier molecular flexibility index (Phi) is 3.86. The molecule has 0 aromatic rings. The Hall–Kier alpha value is -0.930. The van der Waals surface area contributed by atoms with Gasteiger partial charge < -0.3 is 5.32 Å². The zero-order valence-corrected chi connectivity index (χ0v) is 7.07. The lowest BCUT2D eigenvalue weighted by Gasteiger charge is -2.16. The summed E-state index contributed by atoms with van der Waals surface area (Å²) in [7, 11) is 0. The summed E-state index contributed by atoms with van der Waals surface area (Å²) in [6.07, 6.45) is -1.89. The van der Waals surface area contributed by atoms with Crippen LogP contribution in [0, 0.1) is 0 Å². The van der Waals surface area contributed by atoms with Crippen LogP contribution in [0.5, 0.6) is 0 Å². The summed E-state index contributed by atoms with van der Waals surface area (Å²) >= 11 is 0. The molecule has 0 aliphatic heterocycles. The van der Waals surface area contributed by atoms with Gasteiger partial charge in [-0.05, 0) is 13.8 Å². The van der Waals surface area contributed by atoms with E-state index < -0.39 is 11.9 Å². The normalized spacial score (nSPS) is 15.6. The van der Waals surface area contributed by atoms with Crippen LogP contribution in [0.15, 0.2) is 24.4 Å². The van der Waals surface area contributed by atoms with Crippen molar-refractivity contribution < 1.29 is 13.2 Å². The van der Waals surface area contributed by atoms with Crippen molar-refractivity contribution in [1.82, 2.24) is 5.32 Å². The van der Waals surface area contributed by atoms with Gasteiger partial charge in [0.15, 0.2) is 0 Å². The highest BCUT2D eigenvalue weighted by Gasteiger charge is 2.33. The van der Waals surface area contributed by atoms with E-state index in [1.54, 1.807) is 6.92 Å². The summed E-state index contributed by atoms with van der Waals surface area (Å²) in [5.74, 6) is 0.